The highest BCUT2D eigenvalue weighted by Gasteiger charge is 2.34. The Bertz CT molecular complexity index is 612. The third kappa shape index (κ3) is 2.81. The molecule has 2 atom stereocenters. The Balaban J connectivity index is 1.68. The number of aliphatic hydroxyl groups is 1. The summed E-state index contributed by atoms with van der Waals surface area (Å²) in [6, 6.07) is 3.74. The van der Waals surface area contributed by atoms with Gasteiger partial charge in [0.2, 0.25) is 11.7 Å². The van der Waals surface area contributed by atoms with Crippen LogP contribution in [0.25, 0.3) is 10.7 Å². The van der Waals surface area contributed by atoms with E-state index in [2.05, 4.69) is 22.3 Å². The first-order valence-electron chi connectivity index (χ1n) is 6.91. The molecule has 0 saturated carbocycles. The van der Waals surface area contributed by atoms with Crippen LogP contribution in [0, 0.1) is 5.92 Å². The van der Waals surface area contributed by atoms with Gasteiger partial charge in [-0.05, 0) is 29.0 Å². The first kappa shape index (κ1) is 14.2. The lowest BCUT2D eigenvalue weighted by atomic mass is 10.0. The standard InChI is InChI=1S/C13H17N5O2S/c1-9-4-5-17(10(9)8-19)12(20)7-18-15-13(14-16-18)11-3-2-6-21-11/h2-3,6,9-10,19H,4-5,7-8H2,1H3. The van der Waals surface area contributed by atoms with E-state index in [0.29, 0.717) is 18.3 Å². The number of nitrogens with zero attached hydrogens (tertiary/aromatic N) is 5. The summed E-state index contributed by atoms with van der Waals surface area (Å²) >= 11 is 1.53. The SMILES string of the molecule is CC1CCN(C(=O)Cn2nnc(-c3cccs3)n2)C1CO. The largest absolute Gasteiger partial charge is 0.394 e. The molecule has 0 aromatic carbocycles. The Kier molecular flexibility index (Phi) is 3.98. The number of tetrazole rings is 1. The van der Waals surface area contributed by atoms with Crippen molar-refractivity contribution < 1.29 is 9.90 Å². The molecule has 21 heavy (non-hydrogen) atoms. The summed E-state index contributed by atoms with van der Waals surface area (Å²) in [6.45, 7) is 2.79. The minimum Gasteiger partial charge on any atom is -0.394 e. The molecule has 112 valence electrons. The summed E-state index contributed by atoms with van der Waals surface area (Å²) in [6.07, 6.45) is 0.919. The number of amides is 1. The fourth-order valence-corrected chi connectivity index (χ4v) is 3.27. The molecule has 1 aliphatic rings. The zero-order valence-electron chi connectivity index (χ0n) is 11.7. The van der Waals surface area contributed by atoms with Crippen LogP contribution in [0.5, 0.6) is 0 Å². The first-order valence-corrected chi connectivity index (χ1v) is 7.79. The minimum atomic E-state index is -0.0993. The van der Waals surface area contributed by atoms with Crippen LogP contribution in [-0.2, 0) is 11.3 Å². The van der Waals surface area contributed by atoms with E-state index in [0.717, 1.165) is 11.3 Å². The summed E-state index contributed by atoms with van der Waals surface area (Å²) in [5.41, 5.74) is 0. The van der Waals surface area contributed by atoms with E-state index < -0.39 is 0 Å². The quantitative estimate of drug-likeness (QED) is 0.895. The van der Waals surface area contributed by atoms with Crippen LogP contribution < -0.4 is 0 Å². The van der Waals surface area contributed by atoms with E-state index in [1.165, 1.54) is 16.1 Å². The maximum absolute atomic E-state index is 12.3. The van der Waals surface area contributed by atoms with Gasteiger partial charge >= 0.3 is 0 Å². The molecule has 0 spiro atoms. The molecule has 2 unspecified atom stereocenters. The molecule has 3 heterocycles. The number of hydrogen-bond acceptors (Lipinski definition) is 6. The number of carbonyl (C=O) groups is 1. The summed E-state index contributed by atoms with van der Waals surface area (Å²) in [5.74, 6) is 0.782. The molecule has 2 aromatic heterocycles. The van der Waals surface area contributed by atoms with Gasteiger partial charge in [-0.1, -0.05) is 13.0 Å². The normalized spacial score (nSPS) is 21.9. The number of hydrogen-bond donors (Lipinski definition) is 1. The number of likely N-dealkylation sites (tertiary alicyclic amines) is 1. The van der Waals surface area contributed by atoms with Crippen LogP contribution in [0.15, 0.2) is 17.5 Å². The Hall–Kier alpha value is -1.80. The van der Waals surface area contributed by atoms with Gasteiger partial charge in [0.15, 0.2) is 0 Å². The molecule has 2 aromatic rings. The average Bonchev–Trinajstić information content (AvgIpc) is 3.17. The molecule has 0 aliphatic carbocycles. The molecule has 1 fully saturated rings. The highest BCUT2D eigenvalue weighted by molar-refractivity contribution is 7.13. The molecular formula is C13H17N5O2S. The topological polar surface area (TPSA) is 84.1 Å². The van der Waals surface area contributed by atoms with E-state index in [9.17, 15) is 9.90 Å². The van der Waals surface area contributed by atoms with Crippen molar-refractivity contribution in [2.45, 2.75) is 25.9 Å². The van der Waals surface area contributed by atoms with Gasteiger partial charge in [0, 0.05) is 6.54 Å². The van der Waals surface area contributed by atoms with Crippen LogP contribution in [-0.4, -0.2) is 55.3 Å². The minimum absolute atomic E-state index is 0.00185. The van der Waals surface area contributed by atoms with Crippen molar-refractivity contribution in [3.63, 3.8) is 0 Å². The van der Waals surface area contributed by atoms with Gasteiger partial charge in [0.1, 0.15) is 6.54 Å². The lowest BCUT2D eigenvalue weighted by Gasteiger charge is -2.24. The van der Waals surface area contributed by atoms with Gasteiger partial charge in [0.25, 0.3) is 0 Å². The molecule has 1 aliphatic heterocycles. The van der Waals surface area contributed by atoms with E-state index in [1.54, 1.807) is 4.90 Å². The van der Waals surface area contributed by atoms with Gasteiger partial charge in [-0.15, -0.1) is 21.5 Å². The smallest absolute Gasteiger partial charge is 0.246 e. The molecule has 8 heteroatoms. The second-order valence-corrected chi connectivity index (χ2v) is 6.17. The molecule has 1 N–H and O–H groups in total. The van der Waals surface area contributed by atoms with Crippen molar-refractivity contribution in [3.05, 3.63) is 17.5 Å². The van der Waals surface area contributed by atoms with Crippen molar-refractivity contribution in [1.82, 2.24) is 25.1 Å². The van der Waals surface area contributed by atoms with E-state index >= 15 is 0 Å². The van der Waals surface area contributed by atoms with Gasteiger partial charge in [-0.3, -0.25) is 4.79 Å². The monoisotopic (exact) mass is 307 g/mol. The van der Waals surface area contributed by atoms with Crippen LogP contribution in [0.1, 0.15) is 13.3 Å². The van der Waals surface area contributed by atoms with E-state index in [1.807, 2.05) is 17.5 Å². The van der Waals surface area contributed by atoms with Gasteiger partial charge in [-0.25, -0.2) is 0 Å². The Morgan fingerprint density at radius 3 is 3.14 bits per heavy atom. The lowest BCUT2D eigenvalue weighted by molar-refractivity contribution is -0.134. The molecule has 0 bridgehead atoms. The summed E-state index contributed by atoms with van der Waals surface area (Å²) in [5, 5.41) is 23.5. The average molecular weight is 307 g/mol. The van der Waals surface area contributed by atoms with Crippen molar-refractivity contribution in [1.29, 1.82) is 0 Å². The van der Waals surface area contributed by atoms with Crippen LogP contribution in [0.4, 0.5) is 0 Å². The zero-order chi connectivity index (χ0) is 14.8. The van der Waals surface area contributed by atoms with Crippen LogP contribution in [0.3, 0.4) is 0 Å². The highest BCUT2D eigenvalue weighted by Crippen LogP contribution is 2.24. The predicted octanol–water partition coefficient (Wildman–Crippen LogP) is 0.631. The fourth-order valence-electron chi connectivity index (χ4n) is 2.62. The molecule has 7 nitrogen and oxygen atoms in total. The van der Waals surface area contributed by atoms with Crippen LogP contribution >= 0.6 is 11.3 Å². The van der Waals surface area contributed by atoms with E-state index in [4.69, 9.17) is 0 Å². The third-order valence-corrected chi connectivity index (χ3v) is 4.73. The maximum Gasteiger partial charge on any atom is 0.246 e. The molecular weight excluding hydrogens is 290 g/mol. The number of aromatic nitrogens is 4. The lowest BCUT2D eigenvalue weighted by Crippen LogP contribution is -2.41. The van der Waals surface area contributed by atoms with Crippen molar-refractivity contribution >= 4 is 17.2 Å². The van der Waals surface area contributed by atoms with Gasteiger partial charge in [0.05, 0.1) is 17.5 Å². The number of aliphatic hydroxyl groups excluding tert-OH is 1. The zero-order valence-corrected chi connectivity index (χ0v) is 12.5. The molecule has 3 rings (SSSR count). The summed E-state index contributed by atoms with van der Waals surface area (Å²) < 4.78 is 0. The number of carbonyl (C=O) groups excluding carboxylic acids is 1. The number of rotatable bonds is 4. The number of thiophene rings is 1. The second kappa shape index (κ2) is 5.90. The fraction of sp³-hybridized carbons (Fsp3) is 0.538. The summed E-state index contributed by atoms with van der Waals surface area (Å²) in [7, 11) is 0. The third-order valence-electron chi connectivity index (χ3n) is 3.86. The Labute approximate surface area is 126 Å². The molecule has 0 radical (unpaired) electrons. The Morgan fingerprint density at radius 2 is 2.43 bits per heavy atom. The van der Waals surface area contributed by atoms with E-state index in [-0.39, 0.29) is 25.1 Å². The van der Waals surface area contributed by atoms with Crippen molar-refractivity contribution in [2.24, 2.45) is 5.92 Å². The van der Waals surface area contributed by atoms with Gasteiger partial charge in [-0.2, -0.15) is 4.80 Å². The van der Waals surface area contributed by atoms with Crippen molar-refractivity contribution in [2.75, 3.05) is 13.2 Å². The predicted molar refractivity (Wildman–Crippen MR) is 77.5 cm³/mol. The molecule has 1 amide bonds. The molecule has 1 saturated heterocycles. The second-order valence-electron chi connectivity index (χ2n) is 5.22. The van der Waals surface area contributed by atoms with Crippen LogP contribution in [0.2, 0.25) is 0 Å². The summed E-state index contributed by atoms with van der Waals surface area (Å²) in [4.78, 5) is 16.3. The maximum atomic E-state index is 12.3. The highest BCUT2D eigenvalue weighted by atomic mass is 32.1. The van der Waals surface area contributed by atoms with Crippen molar-refractivity contribution in [3.8, 4) is 10.7 Å². The first-order chi connectivity index (χ1) is 10.2. The Morgan fingerprint density at radius 1 is 1.57 bits per heavy atom. The van der Waals surface area contributed by atoms with Gasteiger partial charge < -0.3 is 10.0 Å².